The highest BCUT2D eigenvalue weighted by atomic mass is 16.3. The summed E-state index contributed by atoms with van der Waals surface area (Å²) in [5, 5.41) is 9.43. The third-order valence-electron chi connectivity index (χ3n) is 2.56. The van der Waals surface area contributed by atoms with Gasteiger partial charge in [0.25, 0.3) is 0 Å². The minimum atomic E-state index is -0.208. The van der Waals surface area contributed by atoms with Gasteiger partial charge in [-0.15, -0.1) is 0 Å². The molecule has 14 heavy (non-hydrogen) atoms. The Hall–Kier alpha value is -1.13. The van der Waals surface area contributed by atoms with Crippen molar-refractivity contribution in [3.05, 3.63) is 24.0 Å². The smallest absolute Gasteiger partial charge is 0.0772 e. The second-order valence-corrected chi connectivity index (χ2v) is 3.56. The van der Waals surface area contributed by atoms with Crippen LogP contribution in [0.4, 0.5) is 5.69 Å². The molecule has 0 amide bonds. The lowest BCUT2D eigenvalue weighted by Gasteiger charge is -2.19. The Labute approximate surface area is 83.4 Å². The molecule has 1 saturated heterocycles. The predicted molar refractivity (Wildman–Crippen MR) is 55.0 cm³/mol. The number of aliphatic hydroxyl groups is 1. The molecule has 4 nitrogen and oxygen atoms in total. The number of nitrogens with zero attached hydrogens (tertiary/aromatic N) is 2. The van der Waals surface area contributed by atoms with Gasteiger partial charge in [-0.05, 0) is 18.6 Å². The summed E-state index contributed by atoms with van der Waals surface area (Å²) in [6.45, 7) is 2.03. The van der Waals surface area contributed by atoms with Crippen molar-refractivity contribution in [2.75, 3.05) is 18.0 Å². The maximum Gasteiger partial charge on any atom is 0.0772 e. The van der Waals surface area contributed by atoms with Gasteiger partial charge in [-0.25, -0.2) is 0 Å². The maximum atomic E-state index is 9.43. The molecule has 0 radical (unpaired) electrons. The Balaban J connectivity index is 2.22. The molecule has 1 aliphatic heterocycles. The van der Waals surface area contributed by atoms with Crippen LogP contribution in [0.5, 0.6) is 0 Å². The molecule has 2 rings (SSSR count). The fourth-order valence-electron chi connectivity index (χ4n) is 1.84. The van der Waals surface area contributed by atoms with Crippen LogP contribution in [-0.4, -0.2) is 29.3 Å². The quantitative estimate of drug-likeness (QED) is 0.700. The normalized spacial score (nSPS) is 21.6. The number of nitrogens with two attached hydrogens (primary N) is 1. The van der Waals surface area contributed by atoms with Crippen molar-refractivity contribution < 1.29 is 5.11 Å². The number of hydrogen-bond donors (Lipinski definition) is 2. The Morgan fingerprint density at radius 1 is 1.64 bits per heavy atom. The molecule has 3 N–H and O–H groups in total. The SMILES string of the molecule is NCc1ncccc1N1CCC(O)C1. The van der Waals surface area contributed by atoms with E-state index in [1.54, 1.807) is 6.20 Å². The van der Waals surface area contributed by atoms with Crippen LogP contribution in [0.3, 0.4) is 0 Å². The van der Waals surface area contributed by atoms with E-state index in [4.69, 9.17) is 5.73 Å². The molecule has 1 atom stereocenters. The van der Waals surface area contributed by atoms with E-state index in [0.29, 0.717) is 13.1 Å². The number of pyridine rings is 1. The van der Waals surface area contributed by atoms with Gasteiger partial charge in [-0.1, -0.05) is 0 Å². The second-order valence-electron chi connectivity index (χ2n) is 3.56. The van der Waals surface area contributed by atoms with Crippen molar-refractivity contribution >= 4 is 5.69 Å². The summed E-state index contributed by atoms with van der Waals surface area (Å²) in [7, 11) is 0. The Morgan fingerprint density at radius 2 is 2.50 bits per heavy atom. The van der Waals surface area contributed by atoms with Gasteiger partial charge in [-0.2, -0.15) is 0 Å². The van der Waals surface area contributed by atoms with E-state index in [0.717, 1.165) is 24.3 Å². The molecule has 1 aromatic heterocycles. The predicted octanol–water partition coefficient (Wildman–Crippen LogP) is 0.111. The number of aromatic nitrogens is 1. The summed E-state index contributed by atoms with van der Waals surface area (Å²) >= 11 is 0. The van der Waals surface area contributed by atoms with Crippen LogP contribution in [0.25, 0.3) is 0 Å². The van der Waals surface area contributed by atoms with Crippen molar-refractivity contribution in [3.8, 4) is 0 Å². The van der Waals surface area contributed by atoms with E-state index in [9.17, 15) is 5.11 Å². The van der Waals surface area contributed by atoms with Gasteiger partial charge in [0, 0.05) is 25.8 Å². The third kappa shape index (κ3) is 1.71. The van der Waals surface area contributed by atoms with E-state index >= 15 is 0 Å². The van der Waals surface area contributed by atoms with Crippen LogP contribution in [0.2, 0.25) is 0 Å². The lowest BCUT2D eigenvalue weighted by Crippen LogP contribution is -2.23. The molecule has 4 heteroatoms. The molecule has 1 aromatic rings. The Kier molecular flexibility index (Phi) is 2.65. The third-order valence-corrected chi connectivity index (χ3v) is 2.56. The highest BCUT2D eigenvalue weighted by Gasteiger charge is 2.21. The fraction of sp³-hybridized carbons (Fsp3) is 0.500. The molecule has 1 unspecified atom stereocenters. The van der Waals surface area contributed by atoms with Crippen LogP contribution in [0, 0.1) is 0 Å². The standard InChI is InChI=1S/C10H15N3O/c11-6-9-10(2-1-4-12-9)13-5-3-8(14)7-13/h1-2,4,8,14H,3,5-7,11H2. The molecule has 76 valence electrons. The van der Waals surface area contributed by atoms with Gasteiger partial charge in [-0.3, -0.25) is 4.98 Å². The summed E-state index contributed by atoms with van der Waals surface area (Å²) in [6.07, 6.45) is 2.37. The largest absolute Gasteiger partial charge is 0.391 e. The number of β-amino-alcohol motifs (C(OH)–C–C–N with tert-alkyl or cyclic N) is 1. The van der Waals surface area contributed by atoms with Crippen LogP contribution in [-0.2, 0) is 6.54 Å². The highest BCUT2D eigenvalue weighted by molar-refractivity contribution is 5.51. The van der Waals surface area contributed by atoms with Gasteiger partial charge < -0.3 is 15.7 Å². The minimum absolute atomic E-state index is 0.208. The molecule has 0 saturated carbocycles. The van der Waals surface area contributed by atoms with E-state index < -0.39 is 0 Å². The zero-order chi connectivity index (χ0) is 9.97. The monoisotopic (exact) mass is 193 g/mol. The first-order chi connectivity index (χ1) is 6.81. The molecular formula is C10H15N3O. The van der Waals surface area contributed by atoms with Gasteiger partial charge in [0.2, 0.25) is 0 Å². The average molecular weight is 193 g/mol. The number of hydrogen-bond acceptors (Lipinski definition) is 4. The molecule has 2 heterocycles. The Bertz CT molecular complexity index is 316. The van der Waals surface area contributed by atoms with Crippen molar-refractivity contribution in [2.45, 2.75) is 19.1 Å². The van der Waals surface area contributed by atoms with Crippen molar-refractivity contribution in [1.29, 1.82) is 0 Å². The summed E-state index contributed by atoms with van der Waals surface area (Å²) in [6, 6.07) is 3.91. The van der Waals surface area contributed by atoms with E-state index in [-0.39, 0.29) is 6.10 Å². The zero-order valence-corrected chi connectivity index (χ0v) is 8.06. The lowest BCUT2D eigenvalue weighted by molar-refractivity contribution is 0.198. The van der Waals surface area contributed by atoms with Crippen LogP contribution in [0.1, 0.15) is 12.1 Å². The second kappa shape index (κ2) is 3.94. The van der Waals surface area contributed by atoms with Gasteiger partial charge in [0.05, 0.1) is 17.5 Å². The minimum Gasteiger partial charge on any atom is -0.391 e. The Morgan fingerprint density at radius 3 is 3.14 bits per heavy atom. The number of aliphatic hydroxyl groups excluding tert-OH is 1. The first-order valence-corrected chi connectivity index (χ1v) is 4.88. The number of anilines is 1. The molecule has 0 aromatic carbocycles. The van der Waals surface area contributed by atoms with Crippen LogP contribution < -0.4 is 10.6 Å². The lowest BCUT2D eigenvalue weighted by atomic mass is 10.2. The molecular weight excluding hydrogens is 178 g/mol. The van der Waals surface area contributed by atoms with Crippen LogP contribution >= 0.6 is 0 Å². The molecule has 0 bridgehead atoms. The summed E-state index contributed by atoms with van der Waals surface area (Å²) in [4.78, 5) is 6.36. The highest BCUT2D eigenvalue weighted by Crippen LogP contribution is 2.22. The van der Waals surface area contributed by atoms with Crippen molar-refractivity contribution in [3.63, 3.8) is 0 Å². The average Bonchev–Trinajstić information content (AvgIpc) is 2.65. The van der Waals surface area contributed by atoms with Crippen LogP contribution in [0.15, 0.2) is 18.3 Å². The van der Waals surface area contributed by atoms with Gasteiger partial charge in [0.1, 0.15) is 0 Å². The van der Waals surface area contributed by atoms with E-state index in [2.05, 4.69) is 9.88 Å². The van der Waals surface area contributed by atoms with Gasteiger partial charge in [0.15, 0.2) is 0 Å². The summed E-state index contributed by atoms with van der Waals surface area (Å²) in [5.41, 5.74) is 7.57. The maximum absolute atomic E-state index is 9.43. The summed E-state index contributed by atoms with van der Waals surface area (Å²) in [5.74, 6) is 0. The fourth-order valence-corrected chi connectivity index (χ4v) is 1.84. The molecule has 0 spiro atoms. The van der Waals surface area contributed by atoms with Crippen molar-refractivity contribution in [2.24, 2.45) is 5.73 Å². The first kappa shape index (κ1) is 9.43. The molecule has 0 aliphatic carbocycles. The van der Waals surface area contributed by atoms with E-state index in [1.807, 2.05) is 12.1 Å². The topological polar surface area (TPSA) is 62.4 Å². The summed E-state index contributed by atoms with van der Waals surface area (Å²) < 4.78 is 0. The first-order valence-electron chi connectivity index (χ1n) is 4.88. The zero-order valence-electron chi connectivity index (χ0n) is 8.06. The van der Waals surface area contributed by atoms with E-state index in [1.165, 1.54) is 0 Å². The van der Waals surface area contributed by atoms with Crippen molar-refractivity contribution in [1.82, 2.24) is 4.98 Å². The number of rotatable bonds is 2. The molecule has 1 aliphatic rings. The molecule has 1 fully saturated rings. The van der Waals surface area contributed by atoms with Gasteiger partial charge >= 0.3 is 0 Å².